The maximum Gasteiger partial charge on any atom is 0.249 e. The van der Waals surface area contributed by atoms with Gasteiger partial charge in [0.25, 0.3) is 0 Å². The summed E-state index contributed by atoms with van der Waals surface area (Å²) in [7, 11) is 0. The highest BCUT2D eigenvalue weighted by atomic mass is 32.2. The highest BCUT2D eigenvalue weighted by molar-refractivity contribution is 8.01. The fourth-order valence-electron chi connectivity index (χ4n) is 3.74. The van der Waals surface area contributed by atoms with E-state index in [1.165, 1.54) is 6.42 Å². The predicted octanol–water partition coefficient (Wildman–Crippen LogP) is 3.05. The van der Waals surface area contributed by atoms with Crippen LogP contribution in [0.2, 0.25) is 0 Å². The molecule has 2 fully saturated rings. The summed E-state index contributed by atoms with van der Waals surface area (Å²) in [5, 5.41) is 0. The first-order valence-electron chi connectivity index (χ1n) is 8.43. The van der Waals surface area contributed by atoms with E-state index in [4.69, 9.17) is 4.74 Å². The molecule has 4 nitrogen and oxygen atoms in total. The molecule has 2 saturated heterocycles. The third-order valence-corrected chi connectivity index (χ3v) is 6.50. The fraction of sp³-hybridized carbons (Fsp3) is 0.556. The lowest BCUT2D eigenvalue weighted by Gasteiger charge is -2.47. The molecule has 0 unspecified atom stereocenters. The summed E-state index contributed by atoms with van der Waals surface area (Å²) in [4.78, 5) is 18.6. The molecule has 1 aromatic heterocycles. The minimum absolute atomic E-state index is 0.220. The minimum atomic E-state index is 0.220. The van der Waals surface area contributed by atoms with Gasteiger partial charge in [-0.1, -0.05) is 6.08 Å². The molecule has 1 aromatic rings. The van der Waals surface area contributed by atoms with Gasteiger partial charge in [0, 0.05) is 37.0 Å². The van der Waals surface area contributed by atoms with Crippen LogP contribution in [0, 0.1) is 0 Å². The molecule has 23 heavy (non-hydrogen) atoms. The molecule has 122 valence electrons. The number of amides is 1. The molecule has 0 saturated carbocycles. The smallest absolute Gasteiger partial charge is 0.249 e. The van der Waals surface area contributed by atoms with Crippen molar-refractivity contribution in [1.82, 2.24) is 9.88 Å². The average molecular weight is 330 g/mol. The number of rotatable bonds is 3. The topological polar surface area (TPSA) is 42.4 Å². The first kappa shape index (κ1) is 15.1. The van der Waals surface area contributed by atoms with Crippen LogP contribution < -0.4 is 4.74 Å². The third-order valence-electron chi connectivity index (χ3n) is 4.92. The van der Waals surface area contributed by atoms with Gasteiger partial charge in [-0.15, -0.1) is 11.8 Å². The van der Waals surface area contributed by atoms with Crippen molar-refractivity contribution in [1.29, 1.82) is 0 Å². The Hall–Kier alpha value is -1.49. The molecule has 0 aromatic carbocycles. The normalized spacial score (nSPS) is 25.8. The van der Waals surface area contributed by atoms with Crippen LogP contribution in [0.25, 0.3) is 0 Å². The van der Waals surface area contributed by atoms with Crippen molar-refractivity contribution in [2.45, 2.75) is 43.0 Å². The summed E-state index contributed by atoms with van der Waals surface area (Å²) in [6.45, 7) is 1.75. The highest BCUT2D eigenvalue weighted by Gasteiger charge is 2.51. The SMILES string of the molecule is O=C(C1=CCCCC1)N1CC2(C[C@@H](Oc3cccnc3)CS2)C1. The number of pyridine rings is 1. The lowest BCUT2D eigenvalue weighted by molar-refractivity contribution is -0.132. The predicted molar refractivity (Wildman–Crippen MR) is 91.6 cm³/mol. The lowest BCUT2D eigenvalue weighted by Crippen LogP contribution is -2.61. The van der Waals surface area contributed by atoms with Gasteiger partial charge in [-0.2, -0.15) is 0 Å². The number of hydrogen-bond donors (Lipinski definition) is 0. The Morgan fingerprint density at radius 3 is 3.04 bits per heavy atom. The van der Waals surface area contributed by atoms with Crippen molar-refractivity contribution < 1.29 is 9.53 Å². The monoisotopic (exact) mass is 330 g/mol. The first-order chi connectivity index (χ1) is 11.2. The van der Waals surface area contributed by atoms with Crippen LogP contribution in [0.4, 0.5) is 0 Å². The van der Waals surface area contributed by atoms with Gasteiger partial charge >= 0.3 is 0 Å². The average Bonchev–Trinajstić information content (AvgIpc) is 2.99. The number of thioether (sulfide) groups is 1. The maximum atomic E-state index is 12.5. The van der Waals surface area contributed by atoms with Gasteiger partial charge < -0.3 is 9.64 Å². The molecule has 0 radical (unpaired) electrons. The molecular formula is C18H22N2O2S. The van der Waals surface area contributed by atoms with Gasteiger partial charge in [-0.05, 0) is 37.8 Å². The number of allylic oxidation sites excluding steroid dienone is 1. The Bertz CT molecular complexity index is 611. The summed E-state index contributed by atoms with van der Waals surface area (Å²) in [5.74, 6) is 2.11. The number of likely N-dealkylation sites (tertiary alicyclic amines) is 1. The van der Waals surface area contributed by atoms with Crippen LogP contribution in [0.5, 0.6) is 5.75 Å². The zero-order valence-corrected chi connectivity index (χ0v) is 14.1. The van der Waals surface area contributed by atoms with E-state index in [1.54, 1.807) is 12.4 Å². The molecule has 5 heteroatoms. The van der Waals surface area contributed by atoms with E-state index in [0.717, 1.165) is 55.8 Å². The second-order valence-corrected chi connectivity index (χ2v) is 8.25. The summed E-state index contributed by atoms with van der Waals surface area (Å²) in [5.41, 5.74) is 1.04. The van der Waals surface area contributed by atoms with E-state index < -0.39 is 0 Å². The Balaban J connectivity index is 1.31. The standard InChI is InChI=1S/C18H22N2O2S/c21-17(14-5-2-1-3-6-14)20-12-18(13-20)9-16(11-23-18)22-15-7-4-8-19-10-15/h4-5,7-8,10,16H,1-3,6,9,11-13H2/t16-/m1/s1. The molecule has 3 heterocycles. The van der Waals surface area contributed by atoms with Crippen LogP contribution in [0.3, 0.4) is 0 Å². The zero-order valence-electron chi connectivity index (χ0n) is 13.2. The maximum absolute atomic E-state index is 12.5. The van der Waals surface area contributed by atoms with Crippen molar-refractivity contribution in [3.05, 3.63) is 36.2 Å². The molecule has 0 bridgehead atoms. The molecule has 1 spiro atoms. The lowest BCUT2D eigenvalue weighted by atomic mass is 9.90. The first-order valence-corrected chi connectivity index (χ1v) is 9.42. The number of carbonyl (C=O) groups is 1. The van der Waals surface area contributed by atoms with Crippen molar-refractivity contribution in [3.63, 3.8) is 0 Å². The van der Waals surface area contributed by atoms with E-state index in [1.807, 2.05) is 28.8 Å². The number of nitrogens with zero attached hydrogens (tertiary/aromatic N) is 2. The van der Waals surface area contributed by atoms with Gasteiger partial charge in [0.1, 0.15) is 11.9 Å². The summed E-state index contributed by atoms with van der Waals surface area (Å²) in [6.07, 6.45) is 11.3. The van der Waals surface area contributed by atoms with Crippen molar-refractivity contribution in [2.75, 3.05) is 18.8 Å². The molecule has 2 aliphatic heterocycles. The van der Waals surface area contributed by atoms with Crippen LogP contribution in [0.1, 0.15) is 32.1 Å². The van der Waals surface area contributed by atoms with Crippen LogP contribution in [0.15, 0.2) is 36.2 Å². The largest absolute Gasteiger partial charge is 0.488 e. The number of carbonyl (C=O) groups excluding carboxylic acids is 1. The number of hydrogen-bond acceptors (Lipinski definition) is 4. The Morgan fingerprint density at radius 2 is 2.30 bits per heavy atom. The van der Waals surface area contributed by atoms with Gasteiger partial charge in [0.15, 0.2) is 0 Å². The van der Waals surface area contributed by atoms with E-state index in [0.29, 0.717) is 0 Å². The fourth-order valence-corrected chi connectivity index (χ4v) is 5.26. The highest BCUT2D eigenvalue weighted by Crippen LogP contribution is 2.46. The van der Waals surface area contributed by atoms with Crippen LogP contribution in [-0.2, 0) is 4.79 Å². The number of ether oxygens (including phenoxy) is 1. The van der Waals surface area contributed by atoms with E-state index in [9.17, 15) is 4.79 Å². The molecule has 1 amide bonds. The Morgan fingerprint density at radius 1 is 1.39 bits per heavy atom. The Labute approximate surface area is 141 Å². The van der Waals surface area contributed by atoms with Gasteiger partial charge in [-0.25, -0.2) is 0 Å². The second kappa shape index (κ2) is 6.19. The van der Waals surface area contributed by atoms with E-state index >= 15 is 0 Å². The summed E-state index contributed by atoms with van der Waals surface area (Å²) < 4.78 is 6.24. The van der Waals surface area contributed by atoms with Crippen molar-refractivity contribution in [3.8, 4) is 5.75 Å². The van der Waals surface area contributed by atoms with E-state index in [-0.39, 0.29) is 16.8 Å². The zero-order chi connectivity index (χ0) is 15.7. The van der Waals surface area contributed by atoms with Gasteiger partial charge in [0.05, 0.1) is 10.9 Å². The molecule has 4 rings (SSSR count). The van der Waals surface area contributed by atoms with Gasteiger partial charge in [0.2, 0.25) is 5.91 Å². The Kier molecular flexibility index (Phi) is 4.05. The van der Waals surface area contributed by atoms with Crippen molar-refractivity contribution in [2.24, 2.45) is 0 Å². The summed E-state index contributed by atoms with van der Waals surface area (Å²) >= 11 is 1.97. The molecular weight excluding hydrogens is 308 g/mol. The van der Waals surface area contributed by atoms with Crippen molar-refractivity contribution >= 4 is 17.7 Å². The van der Waals surface area contributed by atoms with E-state index in [2.05, 4.69) is 11.1 Å². The third kappa shape index (κ3) is 3.11. The molecule has 0 N–H and O–H groups in total. The minimum Gasteiger partial charge on any atom is -0.488 e. The molecule has 1 aliphatic carbocycles. The number of aromatic nitrogens is 1. The van der Waals surface area contributed by atoms with Gasteiger partial charge in [-0.3, -0.25) is 9.78 Å². The second-order valence-electron chi connectivity index (χ2n) is 6.76. The molecule has 1 atom stereocenters. The summed E-state index contributed by atoms with van der Waals surface area (Å²) in [6, 6.07) is 3.85. The van der Waals surface area contributed by atoms with Crippen LogP contribution in [-0.4, -0.2) is 45.5 Å². The molecule has 3 aliphatic rings. The van der Waals surface area contributed by atoms with Crippen LogP contribution >= 0.6 is 11.8 Å². The quantitative estimate of drug-likeness (QED) is 0.854.